The Bertz CT molecular complexity index is 471. The third kappa shape index (κ3) is 1.76. The molecule has 17 heavy (non-hydrogen) atoms. The number of ketones is 1. The Labute approximate surface area is 100 Å². The molecule has 1 aromatic heterocycles. The quantitative estimate of drug-likeness (QED) is 0.783. The summed E-state index contributed by atoms with van der Waals surface area (Å²) >= 11 is 0. The lowest BCUT2D eigenvalue weighted by Crippen LogP contribution is -2.39. The Morgan fingerprint density at radius 1 is 1.47 bits per heavy atom. The van der Waals surface area contributed by atoms with Crippen molar-refractivity contribution in [2.75, 3.05) is 18.4 Å². The molecule has 0 amide bonds. The average molecular weight is 232 g/mol. The fourth-order valence-electron chi connectivity index (χ4n) is 2.46. The van der Waals surface area contributed by atoms with Crippen LogP contribution in [-0.2, 0) is 0 Å². The zero-order valence-corrected chi connectivity index (χ0v) is 9.89. The highest BCUT2D eigenvalue weighted by molar-refractivity contribution is 5.99. The molecule has 1 fully saturated rings. The second kappa shape index (κ2) is 4.00. The summed E-state index contributed by atoms with van der Waals surface area (Å²) in [6.07, 6.45) is 8.35. The summed E-state index contributed by atoms with van der Waals surface area (Å²) in [4.78, 5) is 13.9. The monoisotopic (exact) mass is 232 g/mol. The van der Waals surface area contributed by atoms with Gasteiger partial charge < -0.3 is 5.32 Å². The van der Waals surface area contributed by atoms with Crippen molar-refractivity contribution < 1.29 is 4.79 Å². The van der Waals surface area contributed by atoms with Crippen LogP contribution in [0.5, 0.6) is 0 Å². The van der Waals surface area contributed by atoms with Crippen LogP contribution in [-0.4, -0.2) is 39.7 Å². The van der Waals surface area contributed by atoms with E-state index in [9.17, 15) is 4.79 Å². The van der Waals surface area contributed by atoms with Gasteiger partial charge in [0, 0.05) is 19.3 Å². The van der Waals surface area contributed by atoms with E-state index in [0.29, 0.717) is 5.56 Å². The van der Waals surface area contributed by atoms with Crippen molar-refractivity contribution in [3.05, 3.63) is 17.8 Å². The molecular weight excluding hydrogens is 216 g/mol. The molecule has 0 bridgehead atoms. The lowest BCUT2D eigenvalue weighted by Gasteiger charge is -2.29. The zero-order valence-electron chi connectivity index (χ0n) is 9.89. The minimum Gasteiger partial charge on any atom is -0.350 e. The normalized spacial score (nSPS) is 23.5. The van der Waals surface area contributed by atoms with Gasteiger partial charge in [-0.3, -0.25) is 9.69 Å². The van der Waals surface area contributed by atoms with Crippen molar-refractivity contribution in [2.45, 2.75) is 25.9 Å². The van der Waals surface area contributed by atoms with Crippen molar-refractivity contribution in [3.63, 3.8) is 0 Å². The molecule has 1 atom stereocenters. The molecule has 1 aromatic rings. The van der Waals surface area contributed by atoms with E-state index in [1.54, 1.807) is 17.8 Å². The Kier molecular flexibility index (Phi) is 2.48. The molecule has 5 nitrogen and oxygen atoms in total. The van der Waals surface area contributed by atoms with Crippen LogP contribution in [0.3, 0.4) is 0 Å². The minimum atomic E-state index is 0.0502. The van der Waals surface area contributed by atoms with E-state index in [2.05, 4.69) is 21.4 Å². The second-order valence-corrected chi connectivity index (χ2v) is 4.58. The first-order valence-corrected chi connectivity index (χ1v) is 6.03. The Morgan fingerprint density at radius 3 is 2.94 bits per heavy atom. The standard InChI is InChI=1S/C12H16N4O/c1-9(17)10-8-13-16-7-4-11(14-12(10)16)15-5-2-3-6-15/h4,7-8,11,14H,2-3,5-6H2,1H3. The Balaban J connectivity index is 1.87. The highest BCUT2D eigenvalue weighted by Crippen LogP contribution is 2.24. The predicted molar refractivity (Wildman–Crippen MR) is 65.8 cm³/mol. The zero-order chi connectivity index (χ0) is 11.8. The van der Waals surface area contributed by atoms with Crippen molar-refractivity contribution in [1.82, 2.24) is 14.7 Å². The summed E-state index contributed by atoms with van der Waals surface area (Å²) in [7, 11) is 0. The maximum absolute atomic E-state index is 11.5. The van der Waals surface area contributed by atoms with Crippen LogP contribution in [0.2, 0.25) is 0 Å². The van der Waals surface area contributed by atoms with Gasteiger partial charge in [0.05, 0.1) is 11.8 Å². The smallest absolute Gasteiger partial charge is 0.165 e. The molecule has 1 saturated heterocycles. The summed E-state index contributed by atoms with van der Waals surface area (Å²) in [5.41, 5.74) is 0.665. The summed E-state index contributed by atoms with van der Waals surface area (Å²) in [6, 6.07) is 0. The molecule has 0 aromatic carbocycles. The maximum atomic E-state index is 11.5. The highest BCUT2D eigenvalue weighted by atomic mass is 16.1. The van der Waals surface area contributed by atoms with Crippen LogP contribution in [0.4, 0.5) is 5.82 Å². The molecule has 3 rings (SSSR count). The molecule has 1 N–H and O–H groups in total. The summed E-state index contributed by atoms with van der Waals surface area (Å²) < 4.78 is 1.73. The lowest BCUT2D eigenvalue weighted by molar-refractivity contribution is 0.101. The van der Waals surface area contributed by atoms with E-state index < -0.39 is 0 Å². The number of carbonyl (C=O) groups excluding carboxylic acids is 1. The lowest BCUT2D eigenvalue weighted by atomic mass is 10.2. The number of anilines is 1. The number of hydrogen-bond donors (Lipinski definition) is 1. The van der Waals surface area contributed by atoms with Gasteiger partial charge in [-0.05, 0) is 25.8 Å². The second-order valence-electron chi connectivity index (χ2n) is 4.58. The third-order valence-corrected chi connectivity index (χ3v) is 3.40. The minimum absolute atomic E-state index is 0.0502. The number of carbonyl (C=O) groups is 1. The molecule has 0 spiro atoms. The van der Waals surface area contributed by atoms with Crippen LogP contribution in [0.25, 0.3) is 6.20 Å². The molecule has 5 heteroatoms. The first-order chi connectivity index (χ1) is 8.25. The molecule has 0 saturated carbocycles. The van der Waals surface area contributed by atoms with E-state index >= 15 is 0 Å². The molecule has 1 unspecified atom stereocenters. The van der Waals surface area contributed by atoms with Crippen molar-refractivity contribution in [2.24, 2.45) is 0 Å². The number of aromatic nitrogens is 2. The number of fused-ring (bicyclic) bond motifs is 1. The Hall–Kier alpha value is -1.62. The predicted octanol–water partition coefficient (Wildman–Crippen LogP) is 1.40. The van der Waals surface area contributed by atoms with Gasteiger partial charge in [0.1, 0.15) is 12.0 Å². The van der Waals surface area contributed by atoms with Crippen LogP contribution in [0.15, 0.2) is 12.3 Å². The molecule has 90 valence electrons. The van der Waals surface area contributed by atoms with Gasteiger partial charge in [0.25, 0.3) is 0 Å². The van der Waals surface area contributed by atoms with Gasteiger partial charge in [-0.25, -0.2) is 4.68 Å². The van der Waals surface area contributed by atoms with Crippen LogP contribution in [0.1, 0.15) is 30.1 Å². The van der Waals surface area contributed by atoms with Gasteiger partial charge in [-0.2, -0.15) is 5.10 Å². The van der Waals surface area contributed by atoms with Gasteiger partial charge in [-0.15, -0.1) is 0 Å². The fraction of sp³-hybridized carbons (Fsp3) is 0.500. The molecule has 0 aliphatic carbocycles. The van der Waals surface area contributed by atoms with Gasteiger partial charge in [0.15, 0.2) is 5.78 Å². The number of nitrogens with zero attached hydrogens (tertiary/aromatic N) is 3. The molecule has 3 heterocycles. The van der Waals surface area contributed by atoms with Crippen molar-refractivity contribution >= 4 is 17.8 Å². The number of likely N-dealkylation sites (tertiary alicyclic amines) is 1. The van der Waals surface area contributed by atoms with Crippen LogP contribution < -0.4 is 5.32 Å². The van der Waals surface area contributed by atoms with Crippen LogP contribution in [0, 0.1) is 0 Å². The van der Waals surface area contributed by atoms with Gasteiger partial charge in [-0.1, -0.05) is 0 Å². The fourth-order valence-corrected chi connectivity index (χ4v) is 2.46. The number of hydrogen-bond acceptors (Lipinski definition) is 4. The van der Waals surface area contributed by atoms with E-state index in [0.717, 1.165) is 18.9 Å². The molecule has 2 aliphatic heterocycles. The number of nitrogens with one attached hydrogen (secondary N) is 1. The highest BCUT2D eigenvalue weighted by Gasteiger charge is 2.25. The van der Waals surface area contributed by atoms with Crippen molar-refractivity contribution in [3.8, 4) is 0 Å². The average Bonchev–Trinajstić information content (AvgIpc) is 2.97. The Morgan fingerprint density at radius 2 is 2.24 bits per heavy atom. The van der Waals surface area contributed by atoms with E-state index in [-0.39, 0.29) is 11.9 Å². The summed E-state index contributed by atoms with van der Waals surface area (Å²) in [5, 5.41) is 7.55. The number of rotatable bonds is 2. The van der Waals surface area contributed by atoms with Gasteiger partial charge in [0.2, 0.25) is 0 Å². The first kappa shape index (κ1) is 10.5. The summed E-state index contributed by atoms with van der Waals surface area (Å²) in [6.45, 7) is 3.81. The molecule has 2 aliphatic rings. The molecular formula is C12H16N4O. The van der Waals surface area contributed by atoms with E-state index in [1.165, 1.54) is 12.8 Å². The number of Topliss-reactive ketones (excluding diaryl/α,β-unsaturated/α-hetero) is 1. The van der Waals surface area contributed by atoms with E-state index in [1.807, 2.05) is 6.20 Å². The maximum Gasteiger partial charge on any atom is 0.165 e. The molecule has 0 radical (unpaired) electrons. The summed E-state index contributed by atoms with van der Waals surface area (Å²) in [5.74, 6) is 0.867. The van der Waals surface area contributed by atoms with E-state index in [4.69, 9.17) is 0 Å². The van der Waals surface area contributed by atoms with Gasteiger partial charge >= 0.3 is 0 Å². The SMILES string of the molecule is CC(=O)c1cnn2c1NC(N1CCCC1)C=C2. The first-order valence-electron chi connectivity index (χ1n) is 6.03. The largest absolute Gasteiger partial charge is 0.350 e. The topological polar surface area (TPSA) is 50.2 Å². The third-order valence-electron chi connectivity index (χ3n) is 3.40. The van der Waals surface area contributed by atoms with Crippen molar-refractivity contribution in [1.29, 1.82) is 0 Å². The van der Waals surface area contributed by atoms with Crippen LogP contribution >= 0.6 is 0 Å².